The van der Waals surface area contributed by atoms with E-state index >= 15 is 0 Å². The van der Waals surface area contributed by atoms with Gasteiger partial charge in [-0.1, -0.05) is 24.3 Å². The zero-order chi connectivity index (χ0) is 21.8. The minimum Gasteiger partial charge on any atom is -0.457 e. The molecule has 1 fully saturated rings. The summed E-state index contributed by atoms with van der Waals surface area (Å²) < 4.78 is 11.9. The van der Waals surface area contributed by atoms with Crippen molar-refractivity contribution in [1.82, 2.24) is 14.8 Å². The van der Waals surface area contributed by atoms with E-state index in [0.717, 1.165) is 48.2 Å². The number of carbonyl (C=O) groups is 1. The molecule has 162 valence electrons. The highest BCUT2D eigenvalue weighted by atomic mass is 16.5. The van der Waals surface area contributed by atoms with Crippen molar-refractivity contribution in [2.45, 2.75) is 26.8 Å². The molecule has 6 nitrogen and oxygen atoms in total. The van der Waals surface area contributed by atoms with Crippen molar-refractivity contribution < 1.29 is 13.9 Å². The van der Waals surface area contributed by atoms with Crippen molar-refractivity contribution in [3.8, 4) is 23.0 Å². The first-order valence-electron chi connectivity index (χ1n) is 10.8. The highest BCUT2D eigenvalue weighted by molar-refractivity contribution is 5.78. The fraction of sp³-hybridized carbons (Fsp3) is 0.360. The first-order valence-corrected chi connectivity index (χ1v) is 10.8. The van der Waals surface area contributed by atoms with Gasteiger partial charge < -0.3 is 19.0 Å². The molecule has 2 heterocycles. The second kappa shape index (κ2) is 9.35. The monoisotopic (exact) mass is 419 g/mol. The van der Waals surface area contributed by atoms with Crippen LogP contribution in [0.1, 0.15) is 24.8 Å². The van der Waals surface area contributed by atoms with Crippen molar-refractivity contribution in [3.63, 3.8) is 0 Å². The molecule has 4 rings (SSSR count). The maximum Gasteiger partial charge on any atom is 0.226 e. The third-order valence-corrected chi connectivity index (χ3v) is 5.62. The van der Waals surface area contributed by atoms with Gasteiger partial charge in [0.15, 0.2) is 0 Å². The molecule has 0 N–H and O–H groups in total. The van der Waals surface area contributed by atoms with Gasteiger partial charge in [-0.05, 0) is 57.1 Å². The van der Waals surface area contributed by atoms with E-state index in [0.29, 0.717) is 24.8 Å². The molecule has 0 spiro atoms. The maximum atomic E-state index is 12.0. The van der Waals surface area contributed by atoms with Gasteiger partial charge in [-0.15, -0.1) is 0 Å². The van der Waals surface area contributed by atoms with Gasteiger partial charge in [-0.2, -0.15) is 0 Å². The van der Waals surface area contributed by atoms with Crippen LogP contribution in [0.3, 0.4) is 0 Å². The number of rotatable bonds is 8. The Morgan fingerprint density at radius 1 is 1.16 bits per heavy atom. The number of benzene rings is 2. The summed E-state index contributed by atoms with van der Waals surface area (Å²) in [6.07, 6.45) is 0.634. The molecule has 1 aromatic heterocycles. The number of ether oxygens (including phenoxy) is 1. The SMILES string of the molecule is CCN1C[C@@H](CN(C)Cc2nc(-c3cccc(Oc4ccccc4)c3)oc2C)CC1=O. The number of hydrogen-bond donors (Lipinski definition) is 0. The van der Waals surface area contributed by atoms with Crippen molar-refractivity contribution in [2.24, 2.45) is 5.92 Å². The molecular weight excluding hydrogens is 390 g/mol. The Morgan fingerprint density at radius 2 is 1.94 bits per heavy atom. The van der Waals surface area contributed by atoms with E-state index in [1.807, 2.05) is 73.3 Å². The summed E-state index contributed by atoms with van der Waals surface area (Å²) in [7, 11) is 2.07. The Labute approximate surface area is 183 Å². The smallest absolute Gasteiger partial charge is 0.226 e. The Morgan fingerprint density at radius 3 is 2.68 bits per heavy atom. The lowest BCUT2D eigenvalue weighted by Gasteiger charge is -2.20. The predicted molar refractivity (Wildman–Crippen MR) is 120 cm³/mol. The number of amides is 1. The number of nitrogens with zero attached hydrogens (tertiary/aromatic N) is 3. The maximum absolute atomic E-state index is 12.0. The topological polar surface area (TPSA) is 58.8 Å². The molecule has 1 aliphatic rings. The number of para-hydroxylation sites is 1. The summed E-state index contributed by atoms with van der Waals surface area (Å²) in [4.78, 5) is 20.9. The normalized spacial score (nSPS) is 16.3. The fourth-order valence-corrected chi connectivity index (χ4v) is 4.06. The van der Waals surface area contributed by atoms with E-state index in [4.69, 9.17) is 14.1 Å². The van der Waals surface area contributed by atoms with Gasteiger partial charge >= 0.3 is 0 Å². The van der Waals surface area contributed by atoms with E-state index in [1.54, 1.807) is 0 Å². The molecule has 0 bridgehead atoms. The molecule has 1 saturated heterocycles. The molecule has 1 aliphatic heterocycles. The summed E-state index contributed by atoms with van der Waals surface area (Å²) >= 11 is 0. The highest BCUT2D eigenvalue weighted by Gasteiger charge is 2.29. The second-order valence-electron chi connectivity index (χ2n) is 8.16. The quantitative estimate of drug-likeness (QED) is 0.528. The second-order valence-corrected chi connectivity index (χ2v) is 8.16. The van der Waals surface area contributed by atoms with Crippen LogP contribution in [0.4, 0.5) is 0 Å². The van der Waals surface area contributed by atoms with E-state index in [1.165, 1.54) is 0 Å². The van der Waals surface area contributed by atoms with Crippen LogP contribution in [-0.4, -0.2) is 47.4 Å². The zero-order valence-electron chi connectivity index (χ0n) is 18.4. The van der Waals surface area contributed by atoms with Crippen LogP contribution in [0.5, 0.6) is 11.5 Å². The largest absolute Gasteiger partial charge is 0.457 e. The van der Waals surface area contributed by atoms with Crippen LogP contribution in [0.2, 0.25) is 0 Å². The lowest BCUT2D eigenvalue weighted by atomic mass is 10.1. The average molecular weight is 420 g/mol. The summed E-state index contributed by atoms with van der Waals surface area (Å²) in [5.41, 5.74) is 1.80. The Bertz CT molecular complexity index is 1030. The minimum atomic E-state index is 0.262. The number of aromatic nitrogens is 1. The van der Waals surface area contributed by atoms with Gasteiger partial charge in [0.25, 0.3) is 0 Å². The van der Waals surface area contributed by atoms with Crippen molar-refractivity contribution in [1.29, 1.82) is 0 Å². The first-order chi connectivity index (χ1) is 15.0. The van der Waals surface area contributed by atoms with Crippen molar-refractivity contribution in [2.75, 3.05) is 26.7 Å². The van der Waals surface area contributed by atoms with Gasteiger partial charge in [0.05, 0.1) is 5.69 Å². The van der Waals surface area contributed by atoms with Crippen molar-refractivity contribution in [3.05, 3.63) is 66.1 Å². The number of oxazole rings is 1. The molecule has 0 aliphatic carbocycles. The summed E-state index contributed by atoms with van der Waals surface area (Å²) in [5.74, 6) is 3.57. The van der Waals surface area contributed by atoms with Gasteiger partial charge in [-0.25, -0.2) is 4.98 Å². The minimum absolute atomic E-state index is 0.262. The molecular formula is C25H29N3O3. The van der Waals surface area contributed by atoms with E-state index in [2.05, 4.69) is 11.9 Å². The number of likely N-dealkylation sites (tertiary alicyclic amines) is 1. The molecule has 0 saturated carbocycles. The van der Waals surface area contributed by atoms with E-state index < -0.39 is 0 Å². The Balaban J connectivity index is 1.42. The highest BCUT2D eigenvalue weighted by Crippen LogP contribution is 2.28. The van der Waals surface area contributed by atoms with Gasteiger partial charge in [0.1, 0.15) is 17.3 Å². The lowest BCUT2D eigenvalue weighted by Crippen LogP contribution is -2.28. The van der Waals surface area contributed by atoms with Gasteiger partial charge in [0.2, 0.25) is 11.8 Å². The molecule has 0 radical (unpaired) electrons. The molecule has 3 aromatic rings. The lowest BCUT2D eigenvalue weighted by molar-refractivity contribution is -0.127. The van der Waals surface area contributed by atoms with Crippen LogP contribution >= 0.6 is 0 Å². The molecule has 6 heteroatoms. The van der Waals surface area contributed by atoms with Gasteiger partial charge in [-0.3, -0.25) is 4.79 Å². The summed E-state index contributed by atoms with van der Waals surface area (Å²) in [6.45, 7) is 7.16. The van der Waals surface area contributed by atoms with Crippen molar-refractivity contribution >= 4 is 5.91 Å². The third kappa shape index (κ3) is 5.14. The predicted octanol–water partition coefficient (Wildman–Crippen LogP) is 4.74. The molecule has 1 amide bonds. The Kier molecular flexibility index (Phi) is 6.37. The van der Waals surface area contributed by atoms with Crippen LogP contribution in [0.25, 0.3) is 11.5 Å². The number of carbonyl (C=O) groups excluding carboxylic acids is 1. The number of hydrogen-bond acceptors (Lipinski definition) is 5. The van der Waals surface area contributed by atoms with Crippen LogP contribution in [-0.2, 0) is 11.3 Å². The Hall–Kier alpha value is -3.12. The van der Waals surface area contributed by atoms with Crippen LogP contribution < -0.4 is 4.74 Å². The zero-order valence-corrected chi connectivity index (χ0v) is 18.4. The standard InChI is InChI=1S/C25H29N3O3/c1-4-28-16-19(13-24(28)29)15-27(3)17-23-18(2)30-25(26-23)20-9-8-12-22(14-20)31-21-10-6-5-7-11-21/h5-12,14,19H,4,13,15-17H2,1-3H3/t19-/m1/s1. The summed E-state index contributed by atoms with van der Waals surface area (Å²) in [5, 5.41) is 0. The molecule has 0 unspecified atom stereocenters. The van der Waals surface area contributed by atoms with E-state index in [9.17, 15) is 4.79 Å². The first kappa shape index (κ1) is 21.1. The van der Waals surface area contributed by atoms with Crippen LogP contribution in [0, 0.1) is 12.8 Å². The molecule has 1 atom stereocenters. The fourth-order valence-electron chi connectivity index (χ4n) is 4.06. The molecule has 31 heavy (non-hydrogen) atoms. The van der Waals surface area contributed by atoms with Gasteiger partial charge in [0, 0.05) is 38.2 Å². The average Bonchev–Trinajstić information content (AvgIpc) is 3.30. The third-order valence-electron chi connectivity index (χ3n) is 5.62. The molecule has 2 aromatic carbocycles. The van der Waals surface area contributed by atoms with Crippen LogP contribution in [0.15, 0.2) is 59.0 Å². The summed E-state index contributed by atoms with van der Waals surface area (Å²) in [6, 6.07) is 17.5. The number of aryl methyl sites for hydroxylation is 1. The van der Waals surface area contributed by atoms with E-state index in [-0.39, 0.29) is 5.91 Å².